The highest BCUT2D eigenvalue weighted by Crippen LogP contribution is 2.59. The fourth-order valence-corrected chi connectivity index (χ4v) is 4.85. The standard InChI is InChI=1S/C17H19NO3/c19-11-1-4-17(5-2-11)8-12-14-10(3-6-18-12)7-13-16(15(14)17)21-9-20-13/h7,12,18H,1-6,8-9H2/t12-/m0/s1. The molecule has 4 nitrogen and oxygen atoms in total. The second kappa shape index (κ2) is 4.01. The number of hydrogen-bond donors (Lipinski definition) is 1. The molecule has 0 unspecified atom stereocenters. The van der Waals surface area contributed by atoms with Crippen LogP contribution in [0.4, 0.5) is 0 Å². The molecule has 2 aliphatic carbocycles. The van der Waals surface area contributed by atoms with Crippen molar-refractivity contribution < 1.29 is 14.3 Å². The SMILES string of the molecule is O=C1CCC2(CC1)C[C@@H]1NCCc3cc4c(c2c31)OCO4. The zero-order chi connectivity index (χ0) is 14.0. The summed E-state index contributed by atoms with van der Waals surface area (Å²) >= 11 is 0. The van der Waals surface area contributed by atoms with Gasteiger partial charge in [0.05, 0.1) is 0 Å². The van der Waals surface area contributed by atoms with Gasteiger partial charge in [0.2, 0.25) is 6.79 Å². The molecule has 1 N–H and O–H groups in total. The van der Waals surface area contributed by atoms with Gasteiger partial charge in [-0.3, -0.25) is 4.79 Å². The molecule has 1 atom stereocenters. The maximum absolute atomic E-state index is 11.7. The van der Waals surface area contributed by atoms with Gasteiger partial charge in [-0.1, -0.05) is 0 Å². The molecule has 0 radical (unpaired) electrons. The fourth-order valence-electron chi connectivity index (χ4n) is 4.85. The third-order valence-electron chi connectivity index (χ3n) is 5.81. The van der Waals surface area contributed by atoms with Gasteiger partial charge in [0, 0.05) is 29.9 Å². The fraction of sp³-hybridized carbons (Fsp3) is 0.588. The summed E-state index contributed by atoms with van der Waals surface area (Å²) in [4.78, 5) is 11.7. The van der Waals surface area contributed by atoms with Crippen LogP contribution in [0.5, 0.6) is 11.5 Å². The van der Waals surface area contributed by atoms with Crippen LogP contribution in [0.15, 0.2) is 6.07 Å². The molecule has 0 saturated heterocycles. The van der Waals surface area contributed by atoms with Gasteiger partial charge in [-0.05, 0) is 49.4 Å². The zero-order valence-electron chi connectivity index (χ0n) is 12.0. The van der Waals surface area contributed by atoms with Crippen LogP contribution in [0.25, 0.3) is 0 Å². The molecule has 2 heterocycles. The Balaban J connectivity index is 1.73. The van der Waals surface area contributed by atoms with Crippen LogP contribution >= 0.6 is 0 Å². The van der Waals surface area contributed by atoms with Crippen molar-refractivity contribution in [2.75, 3.05) is 13.3 Å². The maximum Gasteiger partial charge on any atom is 0.231 e. The van der Waals surface area contributed by atoms with Crippen LogP contribution in [0, 0.1) is 0 Å². The van der Waals surface area contributed by atoms with E-state index in [1.807, 2.05) is 0 Å². The second-order valence-electron chi connectivity index (χ2n) is 6.84. The Bertz CT molecular complexity index is 642. The summed E-state index contributed by atoms with van der Waals surface area (Å²) in [5, 5.41) is 3.67. The van der Waals surface area contributed by atoms with E-state index < -0.39 is 0 Å². The lowest BCUT2D eigenvalue weighted by Crippen LogP contribution is -2.32. The largest absolute Gasteiger partial charge is 0.454 e. The van der Waals surface area contributed by atoms with E-state index in [0.29, 0.717) is 31.5 Å². The normalized spacial score (nSPS) is 28.0. The molecule has 1 spiro atoms. The first kappa shape index (κ1) is 12.0. The highest BCUT2D eigenvalue weighted by molar-refractivity contribution is 5.80. The van der Waals surface area contributed by atoms with E-state index in [9.17, 15) is 4.79 Å². The monoisotopic (exact) mass is 285 g/mol. The summed E-state index contributed by atoms with van der Waals surface area (Å²) in [5.74, 6) is 2.30. The first-order valence-corrected chi connectivity index (χ1v) is 7.98. The van der Waals surface area contributed by atoms with Crippen LogP contribution in [0.2, 0.25) is 0 Å². The number of carbonyl (C=O) groups is 1. The Morgan fingerprint density at radius 3 is 2.90 bits per heavy atom. The van der Waals surface area contributed by atoms with E-state index in [0.717, 1.165) is 43.7 Å². The quantitative estimate of drug-likeness (QED) is 0.795. The van der Waals surface area contributed by atoms with Crippen molar-refractivity contribution in [3.63, 3.8) is 0 Å². The minimum Gasteiger partial charge on any atom is -0.454 e. The van der Waals surface area contributed by atoms with Gasteiger partial charge in [0.25, 0.3) is 0 Å². The van der Waals surface area contributed by atoms with E-state index in [1.165, 1.54) is 16.7 Å². The van der Waals surface area contributed by atoms with Crippen molar-refractivity contribution in [2.24, 2.45) is 0 Å². The molecule has 1 aromatic rings. The zero-order valence-corrected chi connectivity index (χ0v) is 12.0. The Labute approximate surface area is 123 Å². The molecular formula is C17H19NO3. The predicted octanol–water partition coefficient (Wildman–Crippen LogP) is 2.39. The van der Waals surface area contributed by atoms with E-state index in [1.54, 1.807) is 0 Å². The molecular weight excluding hydrogens is 266 g/mol. The summed E-state index contributed by atoms with van der Waals surface area (Å²) < 4.78 is 11.5. The van der Waals surface area contributed by atoms with Crippen molar-refractivity contribution in [3.05, 3.63) is 22.8 Å². The first-order valence-electron chi connectivity index (χ1n) is 7.98. The molecule has 4 heteroatoms. The number of benzene rings is 1. The summed E-state index contributed by atoms with van der Waals surface area (Å²) in [5.41, 5.74) is 4.38. The number of fused-ring (bicyclic) bond motifs is 3. The summed E-state index contributed by atoms with van der Waals surface area (Å²) in [6, 6.07) is 2.62. The van der Waals surface area contributed by atoms with Crippen molar-refractivity contribution in [1.82, 2.24) is 5.32 Å². The Morgan fingerprint density at radius 1 is 1.19 bits per heavy atom. The minimum atomic E-state index is 0.124. The van der Waals surface area contributed by atoms with Crippen molar-refractivity contribution in [3.8, 4) is 11.5 Å². The molecule has 1 saturated carbocycles. The lowest BCUT2D eigenvalue weighted by atomic mass is 9.69. The second-order valence-corrected chi connectivity index (χ2v) is 6.84. The van der Waals surface area contributed by atoms with E-state index >= 15 is 0 Å². The number of Topliss-reactive ketones (excluding diaryl/α,β-unsaturated/α-hetero) is 1. The summed E-state index contributed by atoms with van der Waals surface area (Å²) in [6.45, 7) is 1.37. The van der Waals surface area contributed by atoms with Crippen molar-refractivity contribution >= 4 is 5.78 Å². The Hall–Kier alpha value is -1.55. The van der Waals surface area contributed by atoms with Gasteiger partial charge in [0.1, 0.15) is 5.78 Å². The lowest BCUT2D eigenvalue weighted by molar-refractivity contribution is -0.121. The molecule has 4 aliphatic rings. The van der Waals surface area contributed by atoms with E-state index in [2.05, 4.69) is 11.4 Å². The number of ether oxygens (including phenoxy) is 2. The first-order chi connectivity index (χ1) is 10.3. The van der Waals surface area contributed by atoms with E-state index in [-0.39, 0.29) is 5.41 Å². The molecule has 1 aromatic carbocycles. The third-order valence-corrected chi connectivity index (χ3v) is 5.81. The van der Waals surface area contributed by atoms with Crippen LogP contribution in [0.3, 0.4) is 0 Å². The van der Waals surface area contributed by atoms with Gasteiger partial charge in [-0.2, -0.15) is 0 Å². The lowest BCUT2D eigenvalue weighted by Gasteiger charge is -2.34. The minimum absolute atomic E-state index is 0.124. The molecule has 0 aromatic heterocycles. The molecule has 0 bridgehead atoms. The molecule has 1 fully saturated rings. The van der Waals surface area contributed by atoms with Gasteiger partial charge in [0.15, 0.2) is 11.5 Å². The Kier molecular flexibility index (Phi) is 2.30. The number of hydrogen-bond acceptors (Lipinski definition) is 4. The molecule has 110 valence electrons. The van der Waals surface area contributed by atoms with Crippen molar-refractivity contribution in [2.45, 2.75) is 50.0 Å². The number of rotatable bonds is 0. The molecule has 0 amide bonds. The van der Waals surface area contributed by atoms with E-state index in [4.69, 9.17) is 9.47 Å². The molecule has 21 heavy (non-hydrogen) atoms. The van der Waals surface area contributed by atoms with Gasteiger partial charge < -0.3 is 14.8 Å². The smallest absolute Gasteiger partial charge is 0.231 e. The third kappa shape index (κ3) is 1.51. The topological polar surface area (TPSA) is 47.6 Å². The van der Waals surface area contributed by atoms with Crippen LogP contribution in [0.1, 0.15) is 54.8 Å². The maximum atomic E-state index is 11.7. The molecule has 5 rings (SSSR count). The van der Waals surface area contributed by atoms with Crippen molar-refractivity contribution in [1.29, 1.82) is 0 Å². The Morgan fingerprint density at radius 2 is 2.05 bits per heavy atom. The van der Waals surface area contributed by atoms with Crippen LogP contribution < -0.4 is 14.8 Å². The highest BCUT2D eigenvalue weighted by atomic mass is 16.7. The number of ketones is 1. The number of nitrogens with one attached hydrogen (secondary N) is 1. The van der Waals surface area contributed by atoms with Crippen LogP contribution in [-0.2, 0) is 16.6 Å². The average Bonchev–Trinajstić information content (AvgIpc) is 3.07. The predicted molar refractivity (Wildman–Crippen MR) is 76.8 cm³/mol. The highest BCUT2D eigenvalue weighted by Gasteiger charge is 2.50. The van der Waals surface area contributed by atoms with Gasteiger partial charge in [-0.25, -0.2) is 0 Å². The van der Waals surface area contributed by atoms with Crippen LogP contribution in [-0.4, -0.2) is 19.1 Å². The average molecular weight is 285 g/mol. The molecule has 2 aliphatic heterocycles. The number of carbonyl (C=O) groups excluding carboxylic acids is 1. The summed E-state index contributed by atoms with van der Waals surface area (Å²) in [6.07, 6.45) is 5.54. The van der Waals surface area contributed by atoms with Gasteiger partial charge in [-0.15, -0.1) is 0 Å². The van der Waals surface area contributed by atoms with Gasteiger partial charge >= 0.3 is 0 Å². The summed E-state index contributed by atoms with van der Waals surface area (Å²) in [7, 11) is 0.